The Labute approximate surface area is 195 Å². The van der Waals surface area contributed by atoms with E-state index in [0.717, 1.165) is 11.1 Å². The maximum absolute atomic E-state index is 12.5. The van der Waals surface area contributed by atoms with Gasteiger partial charge in [0.25, 0.3) is 11.5 Å². The minimum absolute atomic E-state index is 0.00680. The van der Waals surface area contributed by atoms with E-state index in [1.807, 2.05) is 13.8 Å². The summed E-state index contributed by atoms with van der Waals surface area (Å²) in [5.41, 5.74) is 7.73. The van der Waals surface area contributed by atoms with E-state index in [1.165, 1.54) is 0 Å². The standard InChI is InChI=1S/C23H28N6O5/c1-12(2)26-17(30)10-9-16(22(33)34)27-20(31)14-6-3-13(4-7-14)5-8-15-11-25-19-18(15)21(32)29-23(24)28-19/h3-4,6-7,11-12,16H,5,8-10H2,1-2H3,(H,26,30)(H,27,31)(H,33,34)(H4,24,25,28,29,32)/t16-/m0/s1. The van der Waals surface area contributed by atoms with Gasteiger partial charge in [-0.2, -0.15) is 4.98 Å². The Kier molecular flexibility index (Phi) is 7.67. The fraction of sp³-hybridized carbons (Fsp3) is 0.348. The molecular weight excluding hydrogens is 440 g/mol. The summed E-state index contributed by atoms with van der Waals surface area (Å²) < 4.78 is 0. The summed E-state index contributed by atoms with van der Waals surface area (Å²) in [6, 6.07) is 5.55. The summed E-state index contributed by atoms with van der Waals surface area (Å²) in [4.78, 5) is 57.5. The third-order valence-corrected chi connectivity index (χ3v) is 5.25. The fourth-order valence-corrected chi connectivity index (χ4v) is 3.59. The van der Waals surface area contributed by atoms with Crippen LogP contribution in [-0.2, 0) is 22.4 Å². The van der Waals surface area contributed by atoms with Gasteiger partial charge in [-0.05, 0) is 56.4 Å². The number of H-pyrrole nitrogens is 2. The van der Waals surface area contributed by atoms with Gasteiger partial charge in [0.1, 0.15) is 11.7 Å². The van der Waals surface area contributed by atoms with Crippen molar-refractivity contribution in [3.8, 4) is 0 Å². The Hall–Kier alpha value is -4.15. The first-order valence-electron chi connectivity index (χ1n) is 10.9. The molecule has 0 radical (unpaired) electrons. The van der Waals surface area contributed by atoms with Gasteiger partial charge in [-0.25, -0.2) is 4.79 Å². The molecule has 11 nitrogen and oxygen atoms in total. The van der Waals surface area contributed by atoms with E-state index < -0.39 is 17.9 Å². The summed E-state index contributed by atoms with van der Waals surface area (Å²) in [5, 5.41) is 15.0. The number of carbonyl (C=O) groups excluding carboxylic acids is 2. The Balaban J connectivity index is 1.59. The van der Waals surface area contributed by atoms with E-state index in [4.69, 9.17) is 5.73 Å². The number of fused-ring (bicyclic) bond motifs is 1. The third kappa shape index (κ3) is 6.21. The number of nitrogens with one attached hydrogen (secondary N) is 4. The Bertz CT molecular complexity index is 1240. The monoisotopic (exact) mass is 468 g/mol. The molecule has 11 heteroatoms. The van der Waals surface area contributed by atoms with Crippen LogP contribution in [0, 0.1) is 0 Å². The molecule has 0 spiro atoms. The van der Waals surface area contributed by atoms with Crippen molar-refractivity contribution < 1.29 is 19.5 Å². The van der Waals surface area contributed by atoms with Crippen LogP contribution < -0.4 is 21.9 Å². The quantitative estimate of drug-likeness (QED) is 0.257. The van der Waals surface area contributed by atoms with Crippen LogP contribution >= 0.6 is 0 Å². The normalized spacial score (nSPS) is 12.0. The first-order valence-corrected chi connectivity index (χ1v) is 10.9. The van der Waals surface area contributed by atoms with Gasteiger partial charge in [-0.1, -0.05) is 12.1 Å². The number of anilines is 1. The van der Waals surface area contributed by atoms with Crippen LogP contribution in [0.4, 0.5) is 5.95 Å². The number of hydrogen-bond donors (Lipinski definition) is 6. The summed E-state index contributed by atoms with van der Waals surface area (Å²) in [6.07, 6.45) is 2.89. The summed E-state index contributed by atoms with van der Waals surface area (Å²) in [7, 11) is 0. The van der Waals surface area contributed by atoms with Crippen molar-refractivity contribution in [2.75, 3.05) is 5.73 Å². The average molecular weight is 469 g/mol. The van der Waals surface area contributed by atoms with Crippen molar-refractivity contribution in [2.45, 2.75) is 51.6 Å². The third-order valence-electron chi connectivity index (χ3n) is 5.25. The summed E-state index contributed by atoms with van der Waals surface area (Å²) >= 11 is 0. The van der Waals surface area contributed by atoms with Crippen molar-refractivity contribution in [2.24, 2.45) is 0 Å². The van der Waals surface area contributed by atoms with Crippen LogP contribution in [0.1, 0.15) is 48.2 Å². The second-order valence-electron chi connectivity index (χ2n) is 8.31. The zero-order valence-electron chi connectivity index (χ0n) is 19.0. The van der Waals surface area contributed by atoms with Crippen molar-refractivity contribution in [1.82, 2.24) is 25.6 Å². The van der Waals surface area contributed by atoms with Crippen LogP contribution in [0.25, 0.3) is 11.0 Å². The molecule has 0 bridgehead atoms. The van der Waals surface area contributed by atoms with Gasteiger partial charge in [0.2, 0.25) is 11.9 Å². The summed E-state index contributed by atoms with van der Waals surface area (Å²) in [5.74, 6) is -1.96. The number of carboxylic acid groups (broad SMARTS) is 1. The molecule has 7 N–H and O–H groups in total. The molecule has 0 aliphatic carbocycles. The first-order chi connectivity index (χ1) is 16.1. The predicted octanol–water partition coefficient (Wildman–Crippen LogP) is 1.11. The maximum Gasteiger partial charge on any atom is 0.326 e. The molecule has 34 heavy (non-hydrogen) atoms. The molecule has 0 saturated heterocycles. The first kappa shape index (κ1) is 24.5. The SMILES string of the molecule is CC(C)NC(=O)CC[C@H](NC(=O)c1ccc(CCc2c[nH]c3nc(N)[nH]c(=O)c23)cc1)C(=O)O. The zero-order valence-corrected chi connectivity index (χ0v) is 19.0. The van der Waals surface area contributed by atoms with Gasteiger partial charge < -0.3 is 26.5 Å². The molecule has 0 aliphatic heterocycles. The number of carbonyl (C=O) groups is 3. The number of aryl methyl sites for hydroxylation is 2. The van der Waals surface area contributed by atoms with Gasteiger partial charge in [0.15, 0.2) is 0 Å². The molecule has 2 amide bonds. The molecule has 1 atom stereocenters. The minimum Gasteiger partial charge on any atom is -0.480 e. The molecule has 3 aromatic rings. The number of aliphatic carboxylic acids is 1. The van der Waals surface area contributed by atoms with Crippen molar-refractivity contribution in [3.05, 3.63) is 57.5 Å². The second-order valence-corrected chi connectivity index (χ2v) is 8.31. The maximum atomic E-state index is 12.5. The molecule has 3 rings (SSSR count). The van der Waals surface area contributed by atoms with E-state index in [-0.39, 0.29) is 36.3 Å². The topological polar surface area (TPSA) is 183 Å². The number of rotatable bonds is 10. The number of nitrogen functional groups attached to an aromatic ring is 1. The van der Waals surface area contributed by atoms with E-state index in [9.17, 15) is 24.3 Å². The average Bonchev–Trinajstić information content (AvgIpc) is 3.17. The molecule has 2 heterocycles. The smallest absolute Gasteiger partial charge is 0.326 e. The van der Waals surface area contributed by atoms with Crippen LogP contribution in [0.3, 0.4) is 0 Å². The molecule has 1 aromatic carbocycles. The van der Waals surface area contributed by atoms with Gasteiger partial charge in [0, 0.05) is 24.2 Å². The number of carboxylic acids is 1. The molecule has 0 unspecified atom stereocenters. The second kappa shape index (κ2) is 10.6. The van der Waals surface area contributed by atoms with E-state index in [2.05, 4.69) is 25.6 Å². The number of benzene rings is 1. The number of hydrogen-bond acceptors (Lipinski definition) is 6. The minimum atomic E-state index is -1.20. The van der Waals surface area contributed by atoms with Gasteiger partial charge >= 0.3 is 5.97 Å². The molecule has 180 valence electrons. The number of nitrogens with two attached hydrogens (primary N) is 1. The van der Waals surface area contributed by atoms with Crippen LogP contribution in [0.2, 0.25) is 0 Å². The van der Waals surface area contributed by atoms with E-state index in [1.54, 1.807) is 30.5 Å². The largest absolute Gasteiger partial charge is 0.480 e. The fourth-order valence-electron chi connectivity index (χ4n) is 3.59. The lowest BCUT2D eigenvalue weighted by atomic mass is 10.0. The van der Waals surface area contributed by atoms with Crippen molar-refractivity contribution >= 4 is 34.8 Å². The van der Waals surface area contributed by atoms with Crippen LogP contribution in [0.5, 0.6) is 0 Å². The molecule has 0 aliphatic rings. The van der Waals surface area contributed by atoms with Crippen molar-refractivity contribution in [3.63, 3.8) is 0 Å². The van der Waals surface area contributed by atoms with Gasteiger partial charge in [-0.3, -0.25) is 19.4 Å². The molecule has 0 saturated carbocycles. The highest BCUT2D eigenvalue weighted by atomic mass is 16.4. The molecule has 0 fully saturated rings. The van der Waals surface area contributed by atoms with Crippen LogP contribution in [-0.4, -0.2) is 49.9 Å². The molecule has 2 aromatic heterocycles. The summed E-state index contributed by atoms with van der Waals surface area (Å²) in [6.45, 7) is 3.62. The number of nitrogens with zero attached hydrogens (tertiary/aromatic N) is 1. The van der Waals surface area contributed by atoms with E-state index in [0.29, 0.717) is 29.4 Å². The number of aromatic amines is 2. The Morgan fingerprint density at radius 3 is 2.47 bits per heavy atom. The van der Waals surface area contributed by atoms with E-state index >= 15 is 0 Å². The zero-order chi connectivity index (χ0) is 24.8. The van der Waals surface area contributed by atoms with Gasteiger partial charge in [0.05, 0.1) is 5.39 Å². The highest BCUT2D eigenvalue weighted by Gasteiger charge is 2.22. The highest BCUT2D eigenvalue weighted by Crippen LogP contribution is 2.16. The lowest BCUT2D eigenvalue weighted by Gasteiger charge is -2.15. The number of aromatic nitrogens is 3. The van der Waals surface area contributed by atoms with Crippen molar-refractivity contribution in [1.29, 1.82) is 0 Å². The number of amides is 2. The lowest BCUT2D eigenvalue weighted by Crippen LogP contribution is -2.42. The lowest BCUT2D eigenvalue weighted by molar-refractivity contribution is -0.139. The molecular formula is C23H28N6O5. The van der Waals surface area contributed by atoms with Crippen LogP contribution in [0.15, 0.2) is 35.3 Å². The highest BCUT2D eigenvalue weighted by molar-refractivity contribution is 5.96. The van der Waals surface area contributed by atoms with Gasteiger partial charge in [-0.15, -0.1) is 0 Å². The Morgan fingerprint density at radius 2 is 1.82 bits per heavy atom. The Morgan fingerprint density at radius 1 is 1.12 bits per heavy atom. The predicted molar refractivity (Wildman–Crippen MR) is 126 cm³/mol.